The average molecular weight is 419 g/mol. The third kappa shape index (κ3) is 6.58. The Morgan fingerprint density at radius 2 is 1.79 bits per heavy atom. The lowest BCUT2D eigenvalue weighted by molar-refractivity contribution is -0.123. The van der Waals surface area contributed by atoms with E-state index in [4.69, 9.17) is 4.74 Å². The zero-order valence-electron chi connectivity index (χ0n) is 17.4. The number of hydrogen-bond acceptors (Lipinski definition) is 4. The molecule has 29 heavy (non-hydrogen) atoms. The highest BCUT2D eigenvalue weighted by atomic mass is 32.2. The minimum absolute atomic E-state index is 0.0435. The summed E-state index contributed by atoms with van der Waals surface area (Å²) in [5, 5.41) is 2.88. The summed E-state index contributed by atoms with van der Waals surface area (Å²) in [7, 11) is -3.89. The lowest BCUT2D eigenvalue weighted by Gasteiger charge is -2.21. The minimum atomic E-state index is -3.89. The van der Waals surface area contributed by atoms with Crippen LogP contribution in [0.15, 0.2) is 53.4 Å². The van der Waals surface area contributed by atoms with Crippen LogP contribution in [-0.2, 0) is 21.2 Å². The van der Waals surface area contributed by atoms with Gasteiger partial charge in [-0.25, -0.2) is 8.42 Å². The molecule has 0 radical (unpaired) electrons. The van der Waals surface area contributed by atoms with Crippen LogP contribution >= 0.6 is 0 Å². The van der Waals surface area contributed by atoms with Crippen molar-refractivity contribution in [3.05, 3.63) is 59.7 Å². The van der Waals surface area contributed by atoms with E-state index in [1.165, 1.54) is 6.07 Å². The van der Waals surface area contributed by atoms with Crippen molar-refractivity contribution in [2.24, 2.45) is 0 Å². The maximum absolute atomic E-state index is 13.0. The van der Waals surface area contributed by atoms with Crippen molar-refractivity contribution in [2.45, 2.75) is 57.5 Å². The highest BCUT2D eigenvalue weighted by Gasteiger charge is 2.27. The van der Waals surface area contributed by atoms with Gasteiger partial charge >= 0.3 is 0 Å². The molecule has 158 valence electrons. The second-order valence-electron chi connectivity index (χ2n) is 7.04. The molecule has 7 heteroatoms. The van der Waals surface area contributed by atoms with Gasteiger partial charge in [-0.15, -0.1) is 0 Å². The first-order valence-corrected chi connectivity index (χ1v) is 11.3. The summed E-state index contributed by atoms with van der Waals surface area (Å²) in [6.45, 7) is 8.02. The smallest absolute Gasteiger partial charge is 0.241 e. The van der Waals surface area contributed by atoms with Gasteiger partial charge in [0, 0.05) is 6.04 Å². The van der Waals surface area contributed by atoms with Crippen LogP contribution in [0, 0.1) is 6.92 Å². The van der Waals surface area contributed by atoms with E-state index in [0.29, 0.717) is 12.4 Å². The van der Waals surface area contributed by atoms with Gasteiger partial charge in [-0.1, -0.05) is 37.3 Å². The normalized spacial score (nSPS) is 13.5. The molecule has 0 fully saturated rings. The second-order valence-corrected chi connectivity index (χ2v) is 8.76. The number of sulfonamides is 1. The van der Waals surface area contributed by atoms with E-state index in [1.807, 2.05) is 51.1 Å². The molecule has 2 aromatic rings. The quantitative estimate of drug-likeness (QED) is 0.621. The van der Waals surface area contributed by atoms with E-state index >= 15 is 0 Å². The fourth-order valence-electron chi connectivity index (χ4n) is 2.85. The van der Waals surface area contributed by atoms with Crippen LogP contribution in [-0.4, -0.2) is 33.0 Å². The summed E-state index contributed by atoms with van der Waals surface area (Å²) in [4.78, 5) is 12.9. The SMILES string of the molecule is CCOc1ccc(S(=O)(=O)NC(Cc2ccccc2)C(=O)NC(C)CC)cc1C. The Hall–Kier alpha value is -2.38. The predicted molar refractivity (Wildman–Crippen MR) is 114 cm³/mol. The van der Waals surface area contributed by atoms with Gasteiger partial charge in [-0.3, -0.25) is 4.79 Å². The predicted octanol–water partition coefficient (Wildman–Crippen LogP) is 3.20. The van der Waals surface area contributed by atoms with E-state index in [-0.39, 0.29) is 23.3 Å². The molecule has 0 heterocycles. The van der Waals surface area contributed by atoms with E-state index in [2.05, 4.69) is 10.0 Å². The molecule has 0 saturated heterocycles. The average Bonchev–Trinajstić information content (AvgIpc) is 2.69. The van der Waals surface area contributed by atoms with Gasteiger partial charge in [-0.05, 0) is 62.9 Å². The van der Waals surface area contributed by atoms with E-state index < -0.39 is 16.1 Å². The van der Waals surface area contributed by atoms with Gasteiger partial charge in [0.25, 0.3) is 0 Å². The Labute approximate surface area is 173 Å². The first-order valence-electron chi connectivity index (χ1n) is 9.86. The summed E-state index contributed by atoms with van der Waals surface area (Å²) in [6, 6.07) is 13.1. The Morgan fingerprint density at radius 3 is 2.38 bits per heavy atom. The summed E-state index contributed by atoms with van der Waals surface area (Å²) in [6.07, 6.45) is 1.02. The van der Waals surface area contributed by atoms with Gasteiger partial charge in [0.2, 0.25) is 15.9 Å². The maximum atomic E-state index is 13.0. The largest absolute Gasteiger partial charge is 0.494 e. The molecule has 2 atom stereocenters. The van der Waals surface area contributed by atoms with Crippen molar-refractivity contribution in [1.82, 2.24) is 10.0 Å². The molecular weight excluding hydrogens is 388 g/mol. The van der Waals surface area contributed by atoms with Crippen LogP contribution in [0.2, 0.25) is 0 Å². The van der Waals surface area contributed by atoms with Gasteiger partial charge in [0.1, 0.15) is 11.8 Å². The third-order valence-corrected chi connectivity index (χ3v) is 6.12. The molecule has 0 aliphatic carbocycles. The maximum Gasteiger partial charge on any atom is 0.241 e. The number of carbonyl (C=O) groups excluding carboxylic acids is 1. The molecule has 0 aromatic heterocycles. The van der Waals surface area contributed by atoms with Gasteiger partial charge in [0.05, 0.1) is 11.5 Å². The Kier molecular flexibility index (Phi) is 8.22. The van der Waals surface area contributed by atoms with Gasteiger partial charge < -0.3 is 10.1 Å². The van der Waals surface area contributed by atoms with Crippen LogP contribution in [0.5, 0.6) is 5.75 Å². The lowest BCUT2D eigenvalue weighted by Crippen LogP contribution is -2.50. The number of rotatable bonds is 10. The zero-order valence-corrected chi connectivity index (χ0v) is 18.3. The first-order chi connectivity index (χ1) is 13.8. The molecule has 2 unspecified atom stereocenters. The van der Waals surface area contributed by atoms with Gasteiger partial charge in [0.15, 0.2) is 0 Å². The molecule has 0 aliphatic heterocycles. The summed E-state index contributed by atoms with van der Waals surface area (Å²) in [5.74, 6) is 0.302. The Bertz CT molecular complexity index is 914. The number of amides is 1. The van der Waals surface area contributed by atoms with E-state index in [0.717, 1.165) is 17.5 Å². The van der Waals surface area contributed by atoms with Crippen LogP contribution < -0.4 is 14.8 Å². The van der Waals surface area contributed by atoms with Crippen molar-refractivity contribution in [2.75, 3.05) is 6.61 Å². The highest BCUT2D eigenvalue weighted by Crippen LogP contribution is 2.22. The standard InChI is InChI=1S/C22H30N2O4S/c1-5-17(4)23-22(25)20(15-18-10-8-7-9-11-18)24-29(26,27)19-12-13-21(28-6-2)16(3)14-19/h7-14,17,20,24H,5-6,15H2,1-4H3,(H,23,25). The minimum Gasteiger partial charge on any atom is -0.494 e. The molecule has 0 bridgehead atoms. The van der Waals surface area contributed by atoms with Crippen molar-refractivity contribution >= 4 is 15.9 Å². The molecule has 6 nitrogen and oxygen atoms in total. The molecule has 0 aliphatic rings. The third-order valence-electron chi connectivity index (χ3n) is 4.65. The molecule has 0 spiro atoms. The molecular formula is C22H30N2O4S. The number of hydrogen-bond donors (Lipinski definition) is 2. The fraction of sp³-hybridized carbons (Fsp3) is 0.409. The van der Waals surface area contributed by atoms with Crippen molar-refractivity contribution < 1.29 is 17.9 Å². The highest BCUT2D eigenvalue weighted by molar-refractivity contribution is 7.89. The summed E-state index contributed by atoms with van der Waals surface area (Å²) >= 11 is 0. The number of nitrogens with one attached hydrogen (secondary N) is 2. The molecule has 0 saturated carbocycles. The topological polar surface area (TPSA) is 84.5 Å². The number of aryl methyl sites for hydroxylation is 1. The van der Waals surface area contributed by atoms with Crippen LogP contribution in [0.1, 0.15) is 38.3 Å². The molecule has 2 N–H and O–H groups in total. The van der Waals surface area contributed by atoms with Crippen molar-refractivity contribution in [3.8, 4) is 5.75 Å². The number of carbonyl (C=O) groups is 1. The first kappa shape index (κ1) is 22.9. The summed E-state index contributed by atoms with van der Waals surface area (Å²) in [5.41, 5.74) is 1.60. The lowest BCUT2D eigenvalue weighted by atomic mass is 10.1. The number of ether oxygens (including phenoxy) is 1. The summed E-state index contributed by atoms with van der Waals surface area (Å²) < 4.78 is 34.0. The molecule has 2 aromatic carbocycles. The van der Waals surface area contributed by atoms with Gasteiger partial charge in [-0.2, -0.15) is 4.72 Å². The van der Waals surface area contributed by atoms with Crippen molar-refractivity contribution in [1.29, 1.82) is 0 Å². The van der Waals surface area contributed by atoms with E-state index in [1.54, 1.807) is 19.1 Å². The van der Waals surface area contributed by atoms with Crippen LogP contribution in [0.25, 0.3) is 0 Å². The Balaban J connectivity index is 2.28. The van der Waals surface area contributed by atoms with Crippen LogP contribution in [0.3, 0.4) is 0 Å². The van der Waals surface area contributed by atoms with E-state index in [9.17, 15) is 13.2 Å². The van der Waals surface area contributed by atoms with Crippen LogP contribution in [0.4, 0.5) is 0 Å². The second kappa shape index (κ2) is 10.4. The Morgan fingerprint density at radius 1 is 1.10 bits per heavy atom. The zero-order chi connectivity index (χ0) is 21.4. The number of benzene rings is 2. The monoisotopic (exact) mass is 418 g/mol. The molecule has 1 amide bonds. The van der Waals surface area contributed by atoms with Crippen molar-refractivity contribution in [3.63, 3.8) is 0 Å². The fourth-order valence-corrected chi connectivity index (χ4v) is 4.13. The molecule has 2 rings (SSSR count).